The Bertz CT molecular complexity index is 1100. The Labute approximate surface area is 155 Å². The fraction of sp³-hybridized carbons (Fsp3) is 0.100. The van der Waals surface area contributed by atoms with Gasteiger partial charge < -0.3 is 15.1 Å². The zero-order valence-corrected chi connectivity index (χ0v) is 14.9. The van der Waals surface area contributed by atoms with Crippen LogP contribution in [0.25, 0.3) is 22.2 Å². The van der Waals surface area contributed by atoms with E-state index in [-0.39, 0.29) is 5.91 Å². The van der Waals surface area contributed by atoms with Gasteiger partial charge in [-0.05, 0) is 42.8 Å². The Kier molecular flexibility index (Phi) is 4.25. The monoisotopic (exact) mass is 359 g/mol. The van der Waals surface area contributed by atoms with Crippen molar-refractivity contribution in [1.29, 1.82) is 0 Å². The summed E-state index contributed by atoms with van der Waals surface area (Å²) in [5, 5.41) is 5.88. The van der Waals surface area contributed by atoms with Crippen LogP contribution in [0.15, 0.2) is 59.3 Å². The predicted molar refractivity (Wildman–Crippen MR) is 104 cm³/mol. The average Bonchev–Trinajstić information content (AvgIpc) is 3.05. The van der Waals surface area contributed by atoms with E-state index in [9.17, 15) is 4.79 Å². The smallest absolute Gasteiger partial charge is 0.300 e. The number of rotatable bonds is 4. The molecule has 134 valence electrons. The number of oxazole rings is 1. The number of carbonyl (C=O) groups is 1. The molecular formula is C20H17N5O2. The van der Waals surface area contributed by atoms with Crippen molar-refractivity contribution in [2.75, 3.05) is 10.6 Å². The molecule has 7 nitrogen and oxygen atoms in total. The van der Waals surface area contributed by atoms with Crippen molar-refractivity contribution < 1.29 is 9.21 Å². The SMILES string of the molecule is CC(=O)Nc1cc(-c2cnc(C)c(Nc3nc4ccccc4o3)c2)ccn1. The third-order valence-corrected chi connectivity index (χ3v) is 4.02. The minimum absolute atomic E-state index is 0.167. The maximum atomic E-state index is 11.2. The second-order valence-corrected chi connectivity index (χ2v) is 6.08. The van der Waals surface area contributed by atoms with Gasteiger partial charge in [0.15, 0.2) is 5.58 Å². The second-order valence-electron chi connectivity index (χ2n) is 6.08. The van der Waals surface area contributed by atoms with Crippen LogP contribution in [-0.2, 0) is 4.79 Å². The second kappa shape index (κ2) is 6.87. The average molecular weight is 359 g/mol. The molecule has 3 heterocycles. The topological polar surface area (TPSA) is 92.9 Å². The molecule has 0 spiro atoms. The Morgan fingerprint density at radius 1 is 1.07 bits per heavy atom. The van der Waals surface area contributed by atoms with Gasteiger partial charge in [0.05, 0.1) is 11.4 Å². The molecule has 0 radical (unpaired) electrons. The van der Waals surface area contributed by atoms with Gasteiger partial charge in [0.1, 0.15) is 11.3 Å². The number of aromatic nitrogens is 3. The molecule has 27 heavy (non-hydrogen) atoms. The van der Waals surface area contributed by atoms with Gasteiger partial charge in [-0.2, -0.15) is 4.98 Å². The maximum Gasteiger partial charge on any atom is 0.300 e. The predicted octanol–water partition coefficient (Wildman–Crippen LogP) is 4.30. The molecule has 4 aromatic rings. The molecule has 0 unspecified atom stereocenters. The van der Waals surface area contributed by atoms with Crippen LogP contribution in [0.3, 0.4) is 0 Å². The normalized spacial score (nSPS) is 10.7. The molecule has 0 aliphatic rings. The first-order chi connectivity index (χ1) is 13.1. The number of hydrogen-bond donors (Lipinski definition) is 2. The van der Waals surface area contributed by atoms with Crippen LogP contribution >= 0.6 is 0 Å². The van der Waals surface area contributed by atoms with E-state index in [2.05, 4.69) is 25.6 Å². The summed E-state index contributed by atoms with van der Waals surface area (Å²) in [6, 6.07) is 13.6. The first kappa shape index (κ1) is 16.7. The quantitative estimate of drug-likeness (QED) is 0.564. The third kappa shape index (κ3) is 3.62. The molecule has 0 bridgehead atoms. The molecule has 7 heteroatoms. The van der Waals surface area contributed by atoms with Gasteiger partial charge in [-0.3, -0.25) is 9.78 Å². The van der Waals surface area contributed by atoms with Crippen LogP contribution in [0, 0.1) is 6.92 Å². The number of nitrogens with one attached hydrogen (secondary N) is 2. The number of fused-ring (bicyclic) bond motifs is 1. The first-order valence-electron chi connectivity index (χ1n) is 8.42. The lowest BCUT2D eigenvalue weighted by molar-refractivity contribution is -0.114. The van der Waals surface area contributed by atoms with Gasteiger partial charge in [-0.25, -0.2) is 4.98 Å². The lowest BCUT2D eigenvalue weighted by atomic mass is 10.1. The van der Waals surface area contributed by atoms with E-state index in [1.54, 1.807) is 18.5 Å². The van der Waals surface area contributed by atoms with Crippen LogP contribution < -0.4 is 10.6 Å². The molecule has 0 atom stereocenters. The summed E-state index contributed by atoms with van der Waals surface area (Å²) in [7, 11) is 0. The summed E-state index contributed by atoms with van der Waals surface area (Å²) < 4.78 is 5.73. The molecule has 0 saturated carbocycles. The standard InChI is InChI=1S/C20H17N5O2/c1-12-17(25-20-24-16-5-3-4-6-18(16)27-20)9-15(11-22-12)14-7-8-21-19(10-14)23-13(2)26/h3-11H,1-2H3,(H,24,25)(H,21,23,26). The zero-order chi connectivity index (χ0) is 18.8. The largest absolute Gasteiger partial charge is 0.423 e. The van der Waals surface area contributed by atoms with Crippen molar-refractivity contribution in [3.05, 3.63) is 60.6 Å². The lowest BCUT2D eigenvalue weighted by Crippen LogP contribution is -2.07. The van der Waals surface area contributed by atoms with Gasteiger partial charge in [0.2, 0.25) is 5.91 Å². The molecule has 0 aliphatic carbocycles. The number of nitrogens with zero attached hydrogens (tertiary/aromatic N) is 3. The number of para-hydroxylation sites is 2. The number of carbonyl (C=O) groups excluding carboxylic acids is 1. The highest BCUT2D eigenvalue weighted by molar-refractivity contribution is 5.88. The minimum Gasteiger partial charge on any atom is -0.423 e. The van der Waals surface area contributed by atoms with Crippen LogP contribution in [0.5, 0.6) is 0 Å². The summed E-state index contributed by atoms with van der Waals surface area (Å²) in [5.74, 6) is 0.328. The van der Waals surface area contributed by atoms with E-state index in [0.29, 0.717) is 11.8 Å². The van der Waals surface area contributed by atoms with E-state index in [0.717, 1.165) is 33.6 Å². The molecule has 2 N–H and O–H groups in total. The lowest BCUT2D eigenvalue weighted by Gasteiger charge is -2.09. The van der Waals surface area contributed by atoms with Crippen LogP contribution in [-0.4, -0.2) is 20.9 Å². The highest BCUT2D eigenvalue weighted by atomic mass is 16.4. The molecular weight excluding hydrogens is 342 g/mol. The molecule has 0 saturated heterocycles. The van der Waals surface area contributed by atoms with Crippen molar-refractivity contribution in [3.8, 4) is 11.1 Å². The number of benzene rings is 1. The van der Waals surface area contributed by atoms with Crippen molar-refractivity contribution >= 4 is 34.5 Å². The summed E-state index contributed by atoms with van der Waals surface area (Å²) in [5.41, 5.74) is 4.89. The Balaban J connectivity index is 1.66. The number of anilines is 3. The van der Waals surface area contributed by atoms with Gasteiger partial charge in [-0.1, -0.05) is 12.1 Å². The van der Waals surface area contributed by atoms with Gasteiger partial charge >= 0.3 is 0 Å². The number of pyridine rings is 2. The number of aryl methyl sites for hydroxylation is 1. The van der Waals surface area contributed by atoms with Crippen LogP contribution in [0.1, 0.15) is 12.6 Å². The van der Waals surface area contributed by atoms with Gasteiger partial charge in [0.25, 0.3) is 6.01 Å². The maximum absolute atomic E-state index is 11.2. The highest BCUT2D eigenvalue weighted by Crippen LogP contribution is 2.28. The summed E-state index contributed by atoms with van der Waals surface area (Å²) in [6.07, 6.45) is 3.42. The van der Waals surface area contributed by atoms with E-state index in [1.807, 2.05) is 43.3 Å². The first-order valence-corrected chi connectivity index (χ1v) is 8.42. The zero-order valence-electron chi connectivity index (χ0n) is 14.9. The Morgan fingerprint density at radius 3 is 2.74 bits per heavy atom. The fourth-order valence-electron chi connectivity index (χ4n) is 2.72. The van der Waals surface area contributed by atoms with Crippen LogP contribution in [0.4, 0.5) is 17.5 Å². The van der Waals surface area contributed by atoms with Gasteiger partial charge in [0, 0.05) is 24.9 Å². The molecule has 4 rings (SSSR count). The van der Waals surface area contributed by atoms with E-state index in [4.69, 9.17) is 4.42 Å². The third-order valence-electron chi connectivity index (χ3n) is 4.02. The van der Waals surface area contributed by atoms with Crippen molar-refractivity contribution in [2.45, 2.75) is 13.8 Å². The summed E-state index contributed by atoms with van der Waals surface area (Å²) in [4.78, 5) is 24.3. The fourth-order valence-corrected chi connectivity index (χ4v) is 2.72. The Hall–Kier alpha value is -3.74. The summed E-state index contributed by atoms with van der Waals surface area (Å²) >= 11 is 0. The summed E-state index contributed by atoms with van der Waals surface area (Å²) in [6.45, 7) is 3.36. The number of hydrogen-bond acceptors (Lipinski definition) is 6. The molecule has 1 aromatic carbocycles. The molecule has 0 aliphatic heterocycles. The van der Waals surface area contributed by atoms with Gasteiger partial charge in [-0.15, -0.1) is 0 Å². The highest BCUT2D eigenvalue weighted by Gasteiger charge is 2.10. The minimum atomic E-state index is -0.167. The molecule has 0 fully saturated rings. The van der Waals surface area contributed by atoms with Crippen molar-refractivity contribution in [1.82, 2.24) is 15.0 Å². The van der Waals surface area contributed by atoms with Crippen molar-refractivity contribution in [2.24, 2.45) is 0 Å². The Morgan fingerprint density at radius 2 is 1.93 bits per heavy atom. The van der Waals surface area contributed by atoms with E-state index < -0.39 is 0 Å². The molecule has 1 amide bonds. The van der Waals surface area contributed by atoms with Crippen LogP contribution in [0.2, 0.25) is 0 Å². The van der Waals surface area contributed by atoms with E-state index >= 15 is 0 Å². The molecule has 3 aromatic heterocycles. The van der Waals surface area contributed by atoms with Crippen molar-refractivity contribution in [3.63, 3.8) is 0 Å². The van der Waals surface area contributed by atoms with E-state index in [1.165, 1.54) is 6.92 Å². The number of amides is 1.